The van der Waals surface area contributed by atoms with Crippen LogP contribution in [0.5, 0.6) is 0 Å². The lowest BCUT2D eigenvalue weighted by Crippen LogP contribution is -2.37. The van der Waals surface area contributed by atoms with Crippen molar-refractivity contribution in [2.75, 3.05) is 0 Å². The molecule has 4 heteroatoms. The monoisotopic (exact) mass is 301 g/mol. The van der Waals surface area contributed by atoms with E-state index in [1.165, 1.54) is 17.7 Å². The van der Waals surface area contributed by atoms with Gasteiger partial charge in [-0.1, -0.05) is 13.8 Å². The molecule has 112 valence electrons. The molecule has 1 fully saturated rings. The minimum Gasteiger partial charge on any atom is -0.292 e. The predicted molar refractivity (Wildman–Crippen MR) is 88.2 cm³/mol. The number of thiazole rings is 1. The van der Waals surface area contributed by atoms with E-state index in [2.05, 4.69) is 41.7 Å². The van der Waals surface area contributed by atoms with Gasteiger partial charge in [0.05, 0.1) is 0 Å². The van der Waals surface area contributed by atoms with E-state index in [-0.39, 0.29) is 0 Å². The van der Waals surface area contributed by atoms with Crippen LogP contribution in [-0.2, 0) is 6.54 Å². The second-order valence-electron chi connectivity index (χ2n) is 6.26. The van der Waals surface area contributed by atoms with Gasteiger partial charge in [0.25, 0.3) is 0 Å². The summed E-state index contributed by atoms with van der Waals surface area (Å²) in [5.74, 6) is 0.691. The number of aromatic nitrogens is 2. The van der Waals surface area contributed by atoms with Crippen molar-refractivity contribution in [3.05, 3.63) is 35.6 Å². The molecule has 0 amide bonds. The van der Waals surface area contributed by atoms with Crippen molar-refractivity contribution < 1.29 is 0 Å². The van der Waals surface area contributed by atoms with Gasteiger partial charge in [0.1, 0.15) is 5.01 Å². The van der Waals surface area contributed by atoms with Crippen LogP contribution >= 0.6 is 11.3 Å². The molecule has 2 heterocycles. The van der Waals surface area contributed by atoms with Crippen LogP contribution in [0.2, 0.25) is 0 Å². The van der Waals surface area contributed by atoms with Crippen molar-refractivity contribution in [3.8, 4) is 10.6 Å². The molecule has 2 aromatic rings. The molecule has 2 aromatic heterocycles. The Labute approximate surface area is 131 Å². The lowest BCUT2D eigenvalue weighted by atomic mass is 10.0. The highest BCUT2D eigenvalue weighted by Crippen LogP contribution is 2.34. The molecule has 0 saturated heterocycles. The molecule has 1 saturated carbocycles. The molecule has 0 radical (unpaired) electrons. The van der Waals surface area contributed by atoms with Gasteiger partial charge >= 0.3 is 0 Å². The maximum atomic E-state index is 4.58. The van der Waals surface area contributed by atoms with Crippen molar-refractivity contribution in [2.45, 2.75) is 52.2 Å². The molecule has 0 aliphatic heterocycles. The van der Waals surface area contributed by atoms with Gasteiger partial charge in [0.2, 0.25) is 0 Å². The zero-order chi connectivity index (χ0) is 14.8. The van der Waals surface area contributed by atoms with Gasteiger partial charge in [-0.3, -0.25) is 9.88 Å². The van der Waals surface area contributed by atoms with Crippen molar-refractivity contribution in [3.63, 3.8) is 0 Å². The average molecular weight is 301 g/mol. The Bertz CT molecular complexity index is 575. The quantitative estimate of drug-likeness (QED) is 0.800. The maximum Gasteiger partial charge on any atom is 0.125 e. The van der Waals surface area contributed by atoms with Crippen LogP contribution in [0.1, 0.15) is 38.5 Å². The standard InChI is InChI=1S/C17H23N3S/c1-12(2)13(3)20(15-6-7-15)11-16-10-19-17(21-16)14-5-4-8-18-9-14/h4-5,8-10,12-13,15H,6-7,11H2,1-3H3. The summed E-state index contributed by atoms with van der Waals surface area (Å²) in [5.41, 5.74) is 1.11. The highest BCUT2D eigenvalue weighted by Gasteiger charge is 2.33. The van der Waals surface area contributed by atoms with E-state index in [1.807, 2.05) is 18.5 Å². The first-order valence-corrected chi connectivity index (χ1v) is 8.57. The van der Waals surface area contributed by atoms with Crippen molar-refractivity contribution >= 4 is 11.3 Å². The third kappa shape index (κ3) is 3.50. The SMILES string of the molecule is CC(C)C(C)N(Cc1cnc(-c2cccnc2)s1)C1CC1. The molecule has 0 N–H and O–H groups in total. The van der Waals surface area contributed by atoms with Crippen LogP contribution in [0.4, 0.5) is 0 Å². The Hall–Kier alpha value is -1.26. The second kappa shape index (κ2) is 6.24. The van der Waals surface area contributed by atoms with Crippen LogP contribution in [0, 0.1) is 5.92 Å². The first-order chi connectivity index (χ1) is 10.1. The molecule has 0 aromatic carbocycles. The molecular formula is C17H23N3S. The van der Waals surface area contributed by atoms with Gasteiger partial charge in [-0.05, 0) is 37.8 Å². The molecule has 1 unspecified atom stereocenters. The molecule has 3 rings (SSSR count). The van der Waals surface area contributed by atoms with Crippen molar-refractivity contribution in [1.29, 1.82) is 0 Å². The van der Waals surface area contributed by atoms with E-state index in [4.69, 9.17) is 0 Å². The summed E-state index contributed by atoms with van der Waals surface area (Å²) in [6.07, 6.45) is 8.43. The lowest BCUT2D eigenvalue weighted by molar-refractivity contribution is 0.152. The van der Waals surface area contributed by atoms with Gasteiger partial charge in [0, 0.05) is 47.7 Å². The fourth-order valence-corrected chi connectivity index (χ4v) is 3.49. The summed E-state index contributed by atoms with van der Waals surface area (Å²) >= 11 is 1.80. The molecule has 3 nitrogen and oxygen atoms in total. The minimum absolute atomic E-state index is 0.626. The first-order valence-electron chi connectivity index (χ1n) is 7.76. The summed E-state index contributed by atoms with van der Waals surface area (Å²) in [6, 6.07) is 5.45. The zero-order valence-electron chi connectivity index (χ0n) is 13.0. The van der Waals surface area contributed by atoms with Gasteiger partial charge in [-0.15, -0.1) is 11.3 Å². The van der Waals surface area contributed by atoms with Crippen LogP contribution in [0.15, 0.2) is 30.7 Å². The van der Waals surface area contributed by atoms with E-state index < -0.39 is 0 Å². The van der Waals surface area contributed by atoms with E-state index in [0.29, 0.717) is 12.0 Å². The molecule has 0 bridgehead atoms. The largest absolute Gasteiger partial charge is 0.292 e. The van der Waals surface area contributed by atoms with Crippen LogP contribution < -0.4 is 0 Å². The van der Waals surface area contributed by atoms with Crippen molar-refractivity contribution in [1.82, 2.24) is 14.9 Å². The Morgan fingerprint density at radius 2 is 2.10 bits per heavy atom. The third-order valence-corrected chi connectivity index (χ3v) is 5.34. The molecule has 0 spiro atoms. The molecule has 21 heavy (non-hydrogen) atoms. The summed E-state index contributed by atoms with van der Waals surface area (Å²) in [5, 5.41) is 1.08. The van der Waals surface area contributed by atoms with Crippen molar-refractivity contribution in [2.24, 2.45) is 5.92 Å². The molecule has 1 atom stereocenters. The Balaban J connectivity index is 1.74. The maximum absolute atomic E-state index is 4.58. The van der Waals surface area contributed by atoms with Gasteiger partial charge in [0.15, 0.2) is 0 Å². The Kier molecular flexibility index (Phi) is 4.36. The second-order valence-corrected chi connectivity index (χ2v) is 7.38. The van der Waals surface area contributed by atoms with Crippen LogP contribution in [0.25, 0.3) is 10.6 Å². The number of nitrogens with zero attached hydrogens (tertiary/aromatic N) is 3. The molecular weight excluding hydrogens is 278 g/mol. The zero-order valence-corrected chi connectivity index (χ0v) is 13.8. The normalized spacial score (nSPS) is 16.6. The molecule has 1 aliphatic rings. The summed E-state index contributed by atoms with van der Waals surface area (Å²) in [6.45, 7) is 8.01. The smallest absolute Gasteiger partial charge is 0.125 e. The fraction of sp³-hybridized carbons (Fsp3) is 0.529. The number of hydrogen-bond donors (Lipinski definition) is 0. The molecule has 1 aliphatic carbocycles. The van der Waals surface area contributed by atoms with E-state index >= 15 is 0 Å². The predicted octanol–water partition coefficient (Wildman–Crippen LogP) is 4.21. The fourth-order valence-electron chi connectivity index (χ4n) is 2.58. The number of hydrogen-bond acceptors (Lipinski definition) is 4. The summed E-state index contributed by atoms with van der Waals surface area (Å²) in [4.78, 5) is 12.8. The number of pyridine rings is 1. The van der Waals surface area contributed by atoms with E-state index in [9.17, 15) is 0 Å². The van der Waals surface area contributed by atoms with Gasteiger partial charge in [-0.25, -0.2) is 4.98 Å². The van der Waals surface area contributed by atoms with Crippen LogP contribution in [-0.4, -0.2) is 27.0 Å². The Morgan fingerprint density at radius 1 is 1.29 bits per heavy atom. The highest BCUT2D eigenvalue weighted by molar-refractivity contribution is 7.15. The summed E-state index contributed by atoms with van der Waals surface area (Å²) < 4.78 is 0. The first kappa shape index (κ1) is 14.7. The number of rotatable bonds is 6. The topological polar surface area (TPSA) is 29.0 Å². The van der Waals surface area contributed by atoms with Gasteiger partial charge in [-0.2, -0.15) is 0 Å². The van der Waals surface area contributed by atoms with Crippen LogP contribution in [0.3, 0.4) is 0 Å². The third-order valence-electron chi connectivity index (χ3n) is 4.30. The van der Waals surface area contributed by atoms with E-state index in [1.54, 1.807) is 17.5 Å². The van der Waals surface area contributed by atoms with Gasteiger partial charge < -0.3 is 0 Å². The highest BCUT2D eigenvalue weighted by atomic mass is 32.1. The Morgan fingerprint density at radius 3 is 2.71 bits per heavy atom. The summed E-state index contributed by atoms with van der Waals surface area (Å²) in [7, 11) is 0. The minimum atomic E-state index is 0.626. The van der Waals surface area contributed by atoms with E-state index in [0.717, 1.165) is 23.2 Å². The lowest BCUT2D eigenvalue weighted by Gasteiger charge is -2.31. The average Bonchev–Trinajstić information content (AvgIpc) is 3.23.